The number of nitrogens with one attached hydrogen (secondary N) is 1. The van der Waals surface area contributed by atoms with E-state index >= 15 is 0 Å². The van der Waals surface area contributed by atoms with Crippen LogP contribution in [-0.2, 0) is 0 Å². The zero-order valence-electron chi connectivity index (χ0n) is 8.37. The van der Waals surface area contributed by atoms with Gasteiger partial charge in [0.25, 0.3) is 0 Å². The molecule has 0 saturated carbocycles. The van der Waals surface area contributed by atoms with E-state index in [1.165, 1.54) is 18.2 Å². The van der Waals surface area contributed by atoms with Gasteiger partial charge in [0.15, 0.2) is 0 Å². The molecular weight excluding hydrogens is 265 g/mol. The molecule has 1 aromatic heterocycles. The van der Waals surface area contributed by atoms with Crippen LogP contribution in [0.5, 0.6) is 11.5 Å². The quantitative estimate of drug-likeness (QED) is 0.736. The number of hydrogen-bond acceptors (Lipinski definition) is 3. The lowest BCUT2D eigenvalue weighted by Crippen LogP contribution is -2.01. The Kier molecular flexibility index (Phi) is 3.00. The molecule has 0 fully saturated rings. The molecule has 0 aliphatic rings. The Bertz CT molecular complexity index is 573. The summed E-state index contributed by atoms with van der Waals surface area (Å²) < 4.78 is 0. The number of aromatic amines is 1. The third-order valence-electron chi connectivity index (χ3n) is 2.20. The standard InChI is InChI=1S/C11H7Cl2NO3/c12-7-4-8(14-11(7)13)10(17)6-2-1-5(15)3-9(6)16/h1-4,14-16H. The molecule has 0 unspecified atom stereocenters. The average molecular weight is 272 g/mol. The molecule has 0 saturated heterocycles. The van der Waals surface area contributed by atoms with Crippen LogP contribution >= 0.6 is 23.2 Å². The summed E-state index contributed by atoms with van der Waals surface area (Å²) in [7, 11) is 0. The fourth-order valence-electron chi connectivity index (χ4n) is 1.38. The summed E-state index contributed by atoms with van der Waals surface area (Å²) in [6.45, 7) is 0. The molecule has 1 aromatic carbocycles. The van der Waals surface area contributed by atoms with Gasteiger partial charge in [0.2, 0.25) is 5.78 Å². The number of aromatic hydroxyl groups is 2. The minimum atomic E-state index is -0.462. The van der Waals surface area contributed by atoms with Crippen molar-refractivity contribution in [2.24, 2.45) is 0 Å². The van der Waals surface area contributed by atoms with Crippen molar-refractivity contribution in [2.45, 2.75) is 0 Å². The second kappa shape index (κ2) is 4.31. The highest BCUT2D eigenvalue weighted by molar-refractivity contribution is 6.41. The maximum absolute atomic E-state index is 12.0. The van der Waals surface area contributed by atoms with E-state index in [9.17, 15) is 9.90 Å². The number of carbonyl (C=O) groups excluding carboxylic acids is 1. The van der Waals surface area contributed by atoms with E-state index in [4.69, 9.17) is 28.3 Å². The van der Waals surface area contributed by atoms with Gasteiger partial charge in [-0.25, -0.2) is 0 Å². The van der Waals surface area contributed by atoms with Crippen molar-refractivity contribution in [3.8, 4) is 11.5 Å². The van der Waals surface area contributed by atoms with Crippen molar-refractivity contribution in [2.75, 3.05) is 0 Å². The van der Waals surface area contributed by atoms with Gasteiger partial charge in [-0.05, 0) is 18.2 Å². The van der Waals surface area contributed by atoms with E-state index in [0.29, 0.717) is 0 Å². The summed E-state index contributed by atoms with van der Waals surface area (Å²) in [6.07, 6.45) is 0. The van der Waals surface area contributed by atoms with Crippen molar-refractivity contribution < 1.29 is 15.0 Å². The summed E-state index contributed by atoms with van der Waals surface area (Å²) in [5, 5.41) is 19.0. The summed E-state index contributed by atoms with van der Waals surface area (Å²) in [5.41, 5.74) is 0.221. The molecular formula is C11H7Cl2NO3. The van der Waals surface area contributed by atoms with E-state index in [1.54, 1.807) is 0 Å². The Morgan fingerprint density at radius 2 is 1.88 bits per heavy atom. The van der Waals surface area contributed by atoms with Crippen molar-refractivity contribution in [1.29, 1.82) is 0 Å². The minimum absolute atomic E-state index is 0.0531. The molecule has 6 heteroatoms. The Morgan fingerprint density at radius 1 is 1.18 bits per heavy atom. The number of aromatic nitrogens is 1. The molecule has 0 atom stereocenters. The van der Waals surface area contributed by atoms with Crippen molar-refractivity contribution >= 4 is 29.0 Å². The number of halogens is 2. The van der Waals surface area contributed by atoms with Crippen LogP contribution in [0.3, 0.4) is 0 Å². The van der Waals surface area contributed by atoms with Crippen LogP contribution in [-0.4, -0.2) is 21.0 Å². The van der Waals surface area contributed by atoms with E-state index in [-0.39, 0.29) is 32.9 Å². The number of hydrogen-bond donors (Lipinski definition) is 3. The second-order valence-corrected chi connectivity index (χ2v) is 4.16. The molecule has 2 rings (SSSR count). The maximum atomic E-state index is 12.0. The van der Waals surface area contributed by atoms with Crippen molar-refractivity contribution in [3.05, 3.63) is 45.7 Å². The second-order valence-electron chi connectivity index (χ2n) is 3.38. The normalized spacial score (nSPS) is 10.5. The first kappa shape index (κ1) is 11.8. The van der Waals surface area contributed by atoms with Gasteiger partial charge in [0.05, 0.1) is 16.3 Å². The van der Waals surface area contributed by atoms with Crippen LogP contribution in [0, 0.1) is 0 Å². The molecule has 88 valence electrons. The molecule has 0 aliphatic carbocycles. The summed E-state index contributed by atoms with van der Waals surface area (Å²) in [4.78, 5) is 14.5. The minimum Gasteiger partial charge on any atom is -0.508 e. The predicted molar refractivity (Wildman–Crippen MR) is 64.0 cm³/mol. The van der Waals surface area contributed by atoms with Gasteiger partial charge < -0.3 is 15.2 Å². The smallest absolute Gasteiger partial charge is 0.212 e. The summed E-state index contributed by atoms with van der Waals surface area (Å²) >= 11 is 11.4. The molecule has 17 heavy (non-hydrogen) atoms. The first-order chi connectivity index (χ1) is 7.99. The van der Waals surface area contributed by atoms with Gasteiger partial charge in [-0.2, -0.15) is 0 Å². The first-order valence-corrected chi connectivity index (χ1v) is 5.35. The number of H-pyrrole nitrogens is 1. The zero-order chi connectivity index (χ0) is 12.6. The Labute approximate surface area is 106 Å². The number of phenols is 2. The number of carbonyl (C=O) groups is 1. The molecule has 0 amide bonds. The highest BCUT2D eigenvalue weighted by atomic mass is 35.5. The molecule has 3 N–H and O–H groups in total. The van der Waals surface area contributed by atoms with Crippen LogP contribution in [0.15, 0.2) is 24.3 Å². The van der Waals surface area contributed by atoms with E-state index in [0.717, 1.165) is 6.07 Å². The highest BCUT2D eigenvalue weighted by Crippen LogP contribution is 2.27. The topological polar surface area (TPSA) is 73.3 Å². The Morgan fingerprint density at radius 3 is 2.41 bits per heavy atom. The number of rotatable bonds is 2. The van der Waals surface area contributed by atoms with Crippen molar-refractivity contribution in [3.63, 3.8) is 0 Å². The van der Waals surface area contributed by atoms with E-state index < -0.39 is 5.78 Å². The third kappa shape index (κ3) is 2.23. The SMILES string of the molecule is O=C(c1cc(Cl)c(Cl)[nH]1)c1ccc(O)cc1O. The van der Waals surface area contributed by atoms with Crippen molar-refractivity contribution in [1.82, 2.24) is 4.98 Å². The Balaban J connectivity index is 2.43. The first-order valence-electron chi connectivity index (χ1n) is 4.59. The van der Waals surface area contributed by atoms with Gasteiger partial charge in [-0.3, -0.25) is 4.79 Å². The summed E-state index contributed by atoms with van der Waals surface area (Å²) in [6, 6.07) is 5.08. The molecule has 1 heterocycles. The monoisotopic (exact) mass is 271 g/mol. The third-order valence-corrected chi connectivity index (χ3v) is 2.89. The fraction of sp³-hybridized carbons (Fsp3) is 0. The van der Waals surface area contributed by atoms with Crippen LogP contribution < -0.4 is 0 Å². The van der Waals surface area contributed by atoms with Crippen LogP contribution in [0.4, 0.5) is 0 Å². The van der Waals surface area contributed by atoms with Gasteiger partial charge in [0, 0.05) is 6.07 Å². The largest absolute Gasteiger partial charge is 0.508 e. The number of benzene rings is 1. The highest BCUT2D eigenvalue weighted by Gasteiger charge is 2.17. The summed E-state index contributed by atoms with van der Waals surface area (Å²) in [5.74, 6) is -0.894. The number of ketones is 1. The lowest BCUT2D eigenvalue weighted by atomic mass is 10.1. The zero-order valence-corrected chi connectivity index (χ0v) is 9.88. The van der Waals surface area contributed by atoms with Crippen LogP contribution in [0.25, 0.3) is 0 Å². The molecule has 0 spiro atoms. The average Bonchev–Trinajstić information content (AvgIpc) is 2.58. The van der Waals surface area contributed by atoms with Gasteiger partial charge in [-0.15, -0.1) is 0 Å². The van der Waals surface area contributed by atoms with E-state index in [1.807, 2.05) is 0 Å². The predicted octanol–water partition coefficient (Wildman–Crippen LogP) is 2.96. The maximum Gasteiger partial charge on any atom is 0.212 e. The molecule has 0 radical (unpaired) electrons. The van der Waals surface area contributed by atoms with Crippen LogP contribution in [0.1, 0.15) is 16.1 Å². The van der Waals surface area contributed by atoms with Gasteiger partial charge in [0.1, 0.15) is 16.7 Å². The number of phenolic OH excluding ortho intramolecular Hbond substituents is 2. The molecule has 4 nitrogen and oxygen atoms in total. The molecule has 2 aromatic rings. The lowest BCUT2D eigenvalue weighted by Gasteiger charge is -2.02. The van der Waals surface area contributed by atoms with E-state index in [2.05, 4.69) is 4.98 Å². The fourth-order valence-corrected chi connectivity index (χ4v) is 1.70. The van der Waals surface area contributed by atoms with Gasteiger partial charge in [-0.1, -0.05) is 23.2 Å². The van der Waals surface area contributed by atoms with Crippen LogP contribution in [0.2, 0.25) is 10.2 Å². The molecule has 0 aliphatic heterocycles. The Hall–Kier alpha value is -1.65. The lowest BCUT2D eigenvalue weighted by molar-refractivity contribution is 0.103. The molecule has 0 bridgehead atoms. The van der Waals surface area contributed by atoms with Gasteiger partial charge >= 0.3 is 0 Å².